The van der Waals surface area contributed by atoms with Crippen LogP contribution in [0, 0.1) is 0 Å². The van der Waals surface area contributed by atoms with Crippen molar-refractivity contribution in [3.05, 3.63) is 0 Å². The molecule has 0 saturated heterocycles. The molecular weight excluding hydrogens is 358 g/mol. The molecule has 0 unspecified atom stereocenters. The van der Waals surface area contributed by atoms with Crippen molar-refractivity contribution in [2.24, 2.45) is 0 Å². The summed E-state index contributed by atoms with van der Waals surface area (Å²) in [6.45, 7) is 5.05. The van der Waals surface area contributed by atoms with Gasteiger partial charge in [-0.15, -0.1) is 0 Å². The van der Waals surface area contributed by atoms with Crippen molar-refractivity contribution in [3.63, 3.8) is 0 Å². The van der Waals surface area contributed by atoms with Gasteiger partial charge in [0.2, 0.25) is 0 Å². The molecular formula is C22H47BrN+. The Bertz CT molecular complexity index is 240. The van der Waals surface area contributed by atoms with Crippen LogP contribution in [0.1, 0.15) is 110 Å². The molecule has 0 aliphatic heterocycles. The van der Waals surface area contributed by atoms with Crippen LogP contribution in [0.4, 0.5) is 0 Å². The summed E-state index contributed by atoms with van der Waals surface area (Å²) in [5.74, 6) is 0. The van der Waals surface area contributed by atoms with E-state index in [1.54, 1.807) is 0 Å². The average molecular weight is 406 g/mol. The summed E-state index contributed by atoms with van der Waals surface area (Å²) in [5.41, 5.74) is 0. The molecule has 0 heterocycles. The van der Waals surface area contributed by atoms with E-state index in [1.807, 2.05) is 0 Å². The zero-order valence-electron chi connectivity index (χ0n) is 17.3. The van der Waals surface area contributed by atoms with Crippen molar-refractivity contribution < 1.29 is 4.48 Å². The van der Waals surface area contributed by atoms with Crippen LogP contribution in [0.3, 0.4) is 0 Å². The van der Waals surface area contributed by atoms with E-state index in [-0.39, 0.29) is 0 Å². The molecule has 0 bridgehead atoms. The Hall–Kier alpha value is 0.440. The zero-order chi connectivity index (χ0) is 17.9. The van der Waals surface area contributed by atoms with Gasteiger partial charge >= 0.3 is 0 Å². The molecule has 0 N–H and O–H groups in total. The summed E-state index contributed by atoms with van der Waals surface area (Å²) in [6.07, 6.45) is 22.9. The maximum atomic E-state index is 3.51. The van der Waals surface area contributed by atoms with Gasteiger partial charge in [-0.25, -0.2) is 0 Å². The predicted octanol–water partition coefficient (Wildman–Crippen LogP) is 7.72. The Balaban J connectivity index is 3.32. The molecule has 0 aromatic heterocycles. The molecule has 0 atom stereocenters. The van der Waals surface area contributed by atoms with Crippen LogP contribution in [-0.2, 0) is 0 Å². The van der Waals surface area contributed by atoms with Gasteiger partial charge in [0.05, 0.1) is 27.2 Å². The maximum Gasteiger partial charge on any atom is 0.0782 e. The highest BCUT2D eigenvalue weighted by molar-refractivity contribution is 9.09. The predicted molar refractivity (Wildman–Crippen MR) is 115 cm³/mol. The van der Waals surface area contributed by atoms with Crippen LogP contribution in [-0.4, -0.2) is 37.0 Å². The molecule has 0 fully saturated rings. The third-order valence-corrected chi connectivity index (χ3v) is 5.82. The van der Waals surface area contributed by atoms with E-state index in [4.69, 9.17) is 0 Å². The number of unbranched alkanes of at least 4 members (excludes halogenated alkanes) is 14. The van der Waals surface area contributed by atoms with E-state index in [2.05, 4.69) is 36.9 Å². The Morgan fingerprint density at radius 3 is 1.21 bits per heavy atom. The lowest BCUT2D eigenvalue weighted by molar-refractivity contribution is -0.890. The molecule has 0 aromatic rings. The van der Waals surface area contributed by atoms with E-state index >= 15 is 0 Å². The fourth-order valence-corrected chi connectivity index (χ4v) is 3.88. The van der Waals surface area contributed by atoms with Crippen molar-refractivity contribution >= 4 is 15.9 Å². The summed E-state index contributed by atoms with van der Waals surface area (Å²) in [6, 6.07) is 0. The minimum Gasteiger partial charge on any atom is -0.328 e. The third-order valence-electron chi connectivity index (χ3n) is 5.26. The Morgan fingerprint density at radius 1 is 0.500 bits per heavy atom. The molecule has 146 valence electrons. The molecule has 0 aliphatic rings. The number of hydrogen-bond donors (Lipinski definition) is 0. The summed E-state index contributed by atoms with van der Waals surface area (Å²) in [7, 11) is 4.86. The third kappa shape index (κ3) is 18.8. The van der Waals surface area contributed by atoms with Gasteiger partial charge < -0.3 is 4.48 Å². The van der Waals surface area contributed by atoms with Crippen LogP contribution < -0.4 is 0 Å². The second-order valence-corrected chi connectivity index (χ2v) is 9.17. The number of nitrogens with zero attached hydrogens (tertiary/aromatic N) is 1. The lowest BCUT2D eigenvalue weighted by Gasteiger charge is -2.30. The maximum absolute atomic E-state index is 3.51. The largest absolute Gasteiger partial charge is 0.328 e. The molecule has 2 heteroatoms. The molecule has 0 aromatic carbocycles. The highest BCUT2D eigenvalue weighted by Gasteiger charge is 2.13. The van der Waals surface area contributed by atoms with E-state index < -0.39 is 0 Å². The van der Waals surface area contributed by atoms with Crippen LogP contribution in [0.15, 0.2) is 0 Å². The first-order valence-electron chi connectivity index (χ1n) is 11.0. The number of rotatable bonds is 19. The van der Waals surface area contributed by atoms with Crippen LogP contribution >= 0.6 is 15.9 Å². The smallest absolute Gasteiger partial charge is 0.0782 e. The lowest BCUT2D eigenvalue weighted by atomic mass is 10.1. The van der Waals surface area contributed by atoms with Crippen molar-refractivity contribution in [2.75, 3.05) is 32.5 Å². The second kappa shape index (κ2) is 18.2. The topological polar surface area (TPSA) is 0 Å². The molecule has 1 nitrogen and oxygen atoms in total. The molecule has 0 amide bonds. The Labute approximate surface area is 162 Å². The minimum absolute atomic E-state index is 1.18. The fourth-order valence-electron chi connectivity index (χ4n) is 3.48. The van der Waals surface area contributed by atoms with E-state index in [0.717, 1.165) is 0 Å². The molecule has 0 aliphatic carbocycles. The van der Waals surface area contributed by atoms with Gasteiger partial charge in [-0.3, -0.25) is 0 Å². The number of quaternary nitrogens is 1. The SMILES string of the molecule is CCCCCCCCCC[N+](C)(C)CCCCCCCCCCBr. The summed E-state index contributed by atoms with van der Waals surface area (Å²) in [4.78, 5) is 0. The molecule has 0 spiro atoms. The van der Waals surface area contributed by atoms with E-state index in [0.29, 0.717) is 0 Å². The van der Waals surface area contributed by atoms with E-state index in [1.165, 1.54) is 126 Å². The first-order chi connectivity index (χ1) is 11.6. The van der Waals surface area contributed by atoms with Gasteiger partial charge in [0.15, 0.2) is 0 Å². The first-order valence-corrected chi connectivity index (χ1v) is 12.1. The fraction of sp³-hybridized carbons (Fsp3) is 1.00. The van der Waals surface area contributed by atoms with Crippen molar-refractivity contribution in [2.45, 2.75) is 110 Å². The van der Waals surface area contributed by atoms with Gasteiger partial charge in [-0.2, -0.15) is 0 Å². The summed E-state index contributed by atoms with van der Waals surface area (Å²) >= 11 is 3.51. The average Bonchev–Trinajstić information content (AvgIpc) is 2.55. The molecule has 24 heavy (non-hydrogen) atoms. The monoisotopic (exact) mass is 404 g/mol. The van der Waals surface area contributed by atoms with E-state index in [9.17, 15) is 0 Å². The van der Waals surface area contributed by atoms with Gasteiger partial charge in [-0.05, 0) is 32.1 Å². The lowest BCUT2D eigenvalue weighted by Crippen LogP contribution is -2.41. The highest BCUT2D eigenvalue weighted by Crippen LogP contribution is 2.13. The quantitative estimate of drug-likeness (QED) is 0.117. The summed E-state index contributed by atoms with van der Waals surface area (Å²) < 4.78 is 1.24. The molecule has 0 saturated carbocycles. The van der Waals surface area contributed by atoms with Gasteiger partial charge in [0, 0.05) is 5.33 Å². The van der Waals surface area contributed by atoms with Crippen LogP contribution in [0.5, 0.6) is 0 Å². The van der Waals surface area contributed by atoms with Crippen molar-refractivity contribution in [1.29, 1.82) is 0 Å². The van der Waals surface area contributed by atoms with Gasteiger partial charge in [-0.1, -0.05) is 93.5 Å². The van der Waals surface area contributed by atoms with Crippen molar-refractivity contribution in [1.82, 2.24) is 0 Å². The number of alkyl halides is 1. The van der Waals surface area contributed by atoms with Crippen molar-refractivity contribution in [3.8, 4) is 0 Å². The van der Waals surface area contributed by atoms with Crippen LogP contribution in [0.25, 0.3) is 0 Å². The molecule has 0 rings (SSSR count). The van der Waals surface area contributed by atoms with Crippen LogP contribution in [0.2, 0.25) is 0 Å². The zero-order valence-corrected chi connectivity index (χ0v) is 18.8. The normalized spacial score (nSPS) is 12.0. The Morgan fingerprint density at radius 2 is 0.833 bits per heavy atom. The summed E-state index contributed by atoms with van der Waals surface area (Å²) in [5, 5.41) is 1.18. The second-order valence-electron chi connectivity index (χ2n) is 8.38. The van der Waals surface area contributed by atoms with Gasteiger partial charge in [0.1, 0.15) is 0 Å². The van der Waals surface area contributed by atoms with Gasteiger partial charge in [0.25, 0.3) is 0 Å². The Kier molecular flexibility index (Phi) is 18.6. The highest BCUT2D eigenvalue weighted by atomic mass is 79.9. The standard InChI is InChI=1S/C22H47BrN/c1-4-5-6-7-8-12-15-18-21-24(2,3)22-19-16-13-10-9-11-14-17-20-23/h4-22H2,1-3H3/q+1. The first kappa shape index (κ1) is 24.4. The molecule has 0 radical (unpaired) electrons. The number of hydrogen-bond acceptors (Lipinski definition) is 0. The number of halogens is 1. The minimum atomic E-state index is 1.18.